The molecule has 2 heteroatoms. The average molecular weight is 152 g/mol. The summed E-state index contributed by atoms with van der Waals surface area (Å²) in [5, 5.41) is 9.40. The molecule has 1 saturated carbocycles. The van der Waals surface area contributed by atoms with E-state index in [0.717, 1.165) is 6.42 Å². The van der Waals surface area contributed by atoms with Crippen molar-refractivity contribution in [3.05, 3.63) is 12.2 Å². The van der Waals surface area contributed by atoms with Crippen molar-refractivity contribution in [2.75, 3.05) is 0 Å². The Morgan fingerprint density at radius 2 is 2.18 bits per heavy atom. The van der Waals surface area contributed by atoms with Crippen LogP contribution in [-0.2, 0) is 4.79 Å². The van der Waals surface area contributed by atoms with E-state index in [9.17, 15) is 9.90 Å². The van der Waals surface area contributed by atoms with Gasteiger partial charge in [0.1, 0.15) is 5.78 Å². The van der Waals surface area contributed by atoms with Crippen molar-refractivity contribution in [1.29, 1.82) is 0 Å². The van der Waals surface area contributed by atoms with Gasteiger partial charge in [0, 0.05) is 12.8 Å². The quantitative estimate of drug-likeness (QED) is 0.524. The van der Waals surface area contributed by atoms with Crippen LogP contribution >= 0.6 is 0 Å². The standard InChI is InChI=1S/C9H12O2/c10-8-4-6-1-2-9(11)7(3-6)5-8/h1-2,6-7,9,11H,3-5H2/t6-,7+,9-/m1/s1. The lowest BCUT2D eigenvalue weighted by molar-refractivity contribution is -0.123. The third-order valence-electron chi connectivity index (χ3n) is 2.65. The van der Waals surface area contributed by atoms with Crippen LogP contribution in [0.5, 0.6) is 0 Å². The Labute approximate surface area is 65.9 Å². The first-order chi connectivity index (χ1) is 5.25. The zero-order valence-electron chi connectivity index (χ0n) is 6.36. The van der Waals surface area contributed by atoms with Crippen molar-refractivity contribution < 1.29 is 9.90 Å². The molecule has 0 radical (unpaired) electrons. The molecule has 1 fully saturated rings. The fourth-order valence-electron chi connectivity index (χ4n) is 2.06. The molecule has 0 aromatic rings. The normalized spacial score (nSPS) is 42.6. The number of Topliss-reactive ketones (excluding diaryl/α,β-unsaturated/α-hetero) is 1. The second-order valence-corrected chi connectivity index (χ2v) is 3.58. The van der Waals surface area contributed by atoms with E-state index in [1.54, 1.807) is 0 Å². The summed E-state index contributed by atoms with van der Waals surface area (Å²) >= 11 is 0. The van der Waals surface area contributed by atoms with Crippen molar-refractivity contribution in [3.8, 4) is 0 Å². The molecule has 0 heterocycles. The van der Waals surface area contributed by atoms with Crippen LogP contribution in [0.15, 0.2) is 12.2 Å². The highest BCUT2D eigenvalue weighted by Gasteiger charge is 2.32. The average Bonchev–Trinajstić information content (AvgIpc) is 1.97. The summed E-state index contributed by atoms with van der Waals surface area (Å²) in [6.45, 7) is 0. The minimum Gasteiger partial charge on any atom is -0.389 e. The van der Waals surface area contributed by atoms with Crippen molar-refractivity contribution in [1.82, 2.24) is 0 Å². The van der Waals surface area contributed by atoms with Crippen LogP contribution in [-0.4, -0.2) is 17.0 Å². The number of rotatable bonds is 0. The van der Waals surface area contributed by atoms with Gasteiger partial charge in [0.25, 0.3) is 0 Å². The second-order valence-electron chi connectivity index (χ2n) is 3.58. The van der Waals surface area contributed by atoms with Gasteiger partial charge in [0.05, 0.1) is 6.10 Å². The summed E-state index contributed by atoms with van der Waals surface area (Å²) < 4.78 is 0. The lowest BCUT2D eigenvalue weighted by atomic mass is 9.74. The summed E-state index contributed by atoms with van der Waals surface area (Å²) in [4.78, 5) is 11.1. The largest absolute Gasteiger partial charge is 0.389 e. The topological polar surface area (TPSA) is 37.3 Å². The number of aliphatic hydroxyl groups excluding tert-OH is 1. The maximum atomic E-state index is 11.1. The number of ketones is 1. The lowest BCUT2D eigenvalue weighted by Crippen LogP contribution is -2.32. The molecule has 60 valence electrons. The molecule has 2 rings (SSSR count). The maximum absolute atomic E-state index is 11.1. The SMILES string of the molecule is O=C1C[C@@H]2C=C[C@@H](O)[C@H](C1)C2. The van der Waals surface area contributed by atoms with Gasteiger partial charge in [0.15, 0.2) is 0 Å². The number of hydrogen-bond acceptors (Lipinski definition) is 2. The molecule has 2 aliphatic rings. The molecule has 2 aliphatic carbocycles. The van der Waals surface area contributed by atoms with Crippen LogP contribution in [0.3, 0.4) is 0 Å². The van der Waals surface area contributed by atoms with Crippen molar-refractivity contribution in [2.45, 2.75) is 25.4 Å². The van der Waals surface area contributed by atoms with E-state index < -0.39 is 0 Å². The summed E-state index contributed by atoms with van der Waals surface area (Å²) in [6, 6.07) is 0. The van der Waals surface area contributed by atoms with Gasteiger partial charge in [-0.15, -0.1) is 0 Å². The highest BCUT2D eigenvalue weighted by molar-refractivity contribution is 5.80. The smallest absolute Gasteiger partial charge is 0.133 e. The number of fused-ring (bicyclic) bond motifs is 2. The molecular weight excluding hydrogens is 140 g/mol. The molecule has 0 aromatic heterocycles. The summed E-state index contributed by atoms with van der Waals surface area (Å²) in [6.07, 6.45) is 5.74. The summed E-state index contributed by atoms with van der Waals surface area (Å²) in [7, 11) is 0. The van der Waals surface area contributed by atoms with Gasteiger partial charge in [-0.2, -0.15) is 0 Å². The molecule has 1 N–H and O–H groups in total. The first kappa shape index (κ1) is 7.04. The Morgan fingerprint density at radius 3 is 3.00 bits per heavy atom. The molecular formula is C9H12O2. The van der Waals surface area contributed by atoms with Gasteiger partial charge in [-0.25, -0.2) is 0 Å². The first-order valence-electron chi connectivity index (χ1n) is 4.14. The van der Waals surface area contributed by atoms with E-state index >= 15 is 0 Å². The Morgan fingerprint density at radius 1 is 1.36 bits per heavy atom. The van der Waals surface area contributed by atoms with Gasteiger partial charge in [-0.3, -0.25) is 4.79 Å². The van der Waals surface area contributed by atoms with Gasteiger partial charge in [-0.05, 0) is 18.3 Å². The third-order valence-corrected chi connectivity index (χ3v) is 2.65. The van der Waals surface area contributed by atoms with E-state index in [0.29, 0.717) is 24.5 Å². The molecule has 0 aromatic carbocycles. The number of allylic oxidation sites excluding steroid dienone is 1. The molecule has 0 saturated heterocycles. The van der Waals surface area contributed by atoms with Crippen LogP contribution in [0.25, 0.3) is 0 Å². The molecule has 2 nitrogen and oxygen atoms in total. The van der Waals surface area contributed by atoms with E-state index in [-0.39, 0.29) is 12.0 Å². The fraction of sp³-hybridized carbons (Fsp3) is 0.667. The van der Waals surface area contributed by atoms with Gasteiger partial charge in [-0.1, -0.05) is 12.2 Å². The Kier molecular flexibility index (Phi) is 1.57. The van der Waals surface area contributed by atoms with E-state index in [2.05, 4.69) is 0 Å². The van der Waals surface area contributed by atoms with Crippen molar-refractivity contribution in [3.63, 3.8) is 0 Å². The van der Waals surface area contributed by atoms with E-state index in [1.807, 2.05) is 12.2 Å². The summed E-state index contributed by atoms with van der Waals surface area (Å²) in [5.74, 6) is 0.950. The molecule has 0 aliphatic heterocycles. The number of carbonyl (C=O) groups is 1. The van der Waals surface area contributed by atoms with E-state index in [1.165, 1.54) is 0 Å². The van der Waals surface area contributed by atoms with Gasteiger partial charge >= 0.3 is 0 Å². The fourth-order valence-corrected chi connectivity index (χ4v) is 2.06. The van der Waals surface area contributed by atoms with Crippen LogP contribution in [0.1, 0.15) is 19.3 Å². The number of hydrogen-bond donors (Lipinski definition) is 1. The minimum atomic E-state index is -0.365. The first-order valence-corrected chi connectivity index (χ1v) is 4.14. The van der Waals surface area contributed by atoms with Crippen LogP contribution in [0, 0.1) is 11.8 Å². The predicted octanol–water partition coefficient (Wildman–Crippen LogP) is 0.902. The highest BCUT2D eigenvalue weighted by Crippen LogP contribution is 2.34. The zero-order chi connectivity index (χ0) is 7.84. The summed E-state index contributed by atoms with van der Waals surface area (Å²) in [5.41, 5.74) is 0. The maximum Gasteiger partial charge on any atom is 0.133 e. The minimum absolute atomic E-state index is 0.214. The number of carbonyl (C=O) groups excluding carboxylic acids is 1. The van der Waals surface area contributed by atoms with Crippen LogP contribution in [0.2, 0.25) is 0 Å². The van der Waals surface area contributed by atoms with Crippen molar-refractivity contribution >= 4 is 5.78 Å². The molecule has 0 spiro atoms. The Hall–Kier alpha value is -0.630. The molecule has 11 heavy (non-hydrogen) atoms. The zero-order valence-corrected chi connectivity index (χ0v) is 6.36. The second kappa shape index (κ2) is 2.45. The highest BCUT2D eigenvalue weighted by atomic mass is 16.3. The van der Waals surface area contributed by atoms with E-state index in [4.69, 9.17) is 0 Å². The van der Waals surface area contributed by atoms with Crippen LogP contribution < -0.4 is 0 Å². The Bertz CT molecular complexity index is 208. The third kappa shape index (κ3) is 1.23. The lowest BCUT2D eigenvalue weighted by Gasteiger charge is -2.32. The Balaban J connectivity index is 2.19. The molecule has 0 unspecified atom stereocenters. The van der Waals surface area contributed by atoms with Gasteiger partial charge < -0.3 is 5.11 Å². The predicted molar refractivity (Wildman–Crippen MR) is 41.0 cm³/mol. The number of aliphatic hydroxyl groups is 1. The molecule has 0 amide bonds. The van der Waals surface area contributed by atoms with Crippen molar-refractivity contribution in [2.24, 2.45) is 11.8 Å². The molecule has 2 bridgehead atoms. The van der Waals surface area contributed by atoms with Crippen LogP contribution in [0.4, 0.5) is 0 Å². The monoisotopic (exact) mass is 152 g/mol. The molecule has 3 atom stereocenters. The van der Waals surface area contributed by atoms with Gasteiger partial charge in [0.2, 0.25) is 0 Å².